The molecule has 0 unspecified atom stereocenters. The van der Waals surface area contributed by atoms with Gasteiger partial charge < -0.3 is 9.73 Å². The Hall–Kier alpha value is -2.82. The molecule has 1 aliphatic rings. The summed E-state index contributed by atoms with van der Waals surface area (Å²) in [5.74, 6) is 1.07. The Morgan fingerprint density at radius 3 is 2.73 bits per heavy atom. The molecule has 2 aromatic heterocycles. The third-order valence-corrected chi connectivity index (χ3v) is 4.88. The van der Waals surface area contributed by atoms with Gasteiger partial charge in [0.15, 0.2) is 0 Å². The highest BCUT2D eigenvalue weighted by molar-refractivity contribution is 5.97. The van der Waals surface area contributed by atoms with Gasteiger partial charge in [-0.1, -0.05) is 25.1 Å². The van der Waals surface area contributed by atoms with E-state index in [1.807, 2.05) is 28.9 Å². The lowest BCUT2D eigenvalue weighted by molar-refractivity contribution is 0.0946. The molecule has 1 saturated carbocycles. The normalized spacial score (nSPS) is 13.8. The van der Waals surface area contributed by atoms with E-state index in [-0.39, 0.29) is 5.91 Å². The lowest BCUT2D eigenvalue weighted by Crippen LogP contribution is -2.24. The summed E-state index contributed by atoms with van der Waals surface area (Å²) in [5, 5.41) is 7.87. The lowest BCUT2D eigenvalue weighted by Gasteiger charge is -2.10. The first-order valence-corrected chi connectivity index (χ1v) is 9.17. The average Bonchev–Trinajstić information content (AvgIpc) is 3.22. The zero-order valence-electron chi connectivity index (χ0n) is 15.2. The van der Waals surface area contributed by atoms with Crippen molar-refractivity contribution in [2.24, 2.45) is 0 Å². The molecule has 1 amide bonds. The van der Waals surface area contributed by atoms with Crippen LogP contribution in [0, 0.1) is 6.92 Å². The molecule has 0 spiro atoms. The van der Waals surface area contributed by atoms with E-state index in [0.29, 0.717) is 12.5 Å². The van der Waals surface area contributed by atoms with Gasteiger partial charge in [0.05, 0.1) is 35.4 Å². The number of hydrogen-bond donors (Lipinski definition) is 1. The molecule has 3 aromatic rings. The van der Waals surface area contributed by atoms with Gasteiger partial charge in [0.2, 0.25) is 0 Å². The fourth-order valence-electron chi connectivity index (χ4n) is 3.36. The van der Waals surface area contributed by atoms with Gasteiger partial charge in [0.1, 0.15) is 5.76 Å². The molecule has 4 rings (SSSR count). The van der Waals surface area contributed by atoms with E-state index in [1.54, 1.807) is 6.26 Å². The van der Waals surface area contributed by atoms with E-state index in [1.165, 1.54) is 0 Å². The molecule has 0 atom stereocenters. The maximum atomic E-state index is 13.0. The van der Waals surface area contributed by atoms with Crippen LogP contribution in [0.1, 0.15) is 58.8 Å². The van der Waals surface area contributed by atoms with Gasteiger partial charge in [-0.05, 0) is 49.9 Å². The Bertz CT molecular complexity index is 921. The van der Waals surface area contributed by atoms with Crippen molar-refractivity contribution in [3.63, 3.8) is 0 Å². The van der Waals surface area contributed by atoms with E-state index in [0.717, 1.165) is 53.2 Å². The molecule has 134 valence electrons. The summed E-state index contributed by atoms with van der Waals surface area (Å²) in [4.78, 5) is 13.0. The zero-order valence-corrected chi connectivity index (χ0v) is 15.2. The van der Waals surface area contributed by atoms with E-state index in [2.05, 4.69) is 31.3 Å². The van der Waals surface area contributed by atoms with Gasteiger partial charge in [-0.15, -0.1) is 0 Å². The highest BCUT2D eigenvalue weighted by atomic mass is 16.3. The van der Waals surface area contributed by atoms with Gasteiger partial charge in [0, 0.05) is 5.92 Å². The topological polar surface area (TPSA) is 60.1 Å². The number of carbonyl (C=O) groups excluding carboxylic acids is 1. The number of rotatable bonds is 6. The summed E-state index contributed by atoms with van der Waals surface area (Å²) < 4.78 is 7.28. The Morgan fingerprint density at radius 2 is 2.08 bits per heavy atom. The first-order chi connectivity index (χ1) is 12.7. The largest absolute Gasteiger partial charge is 0.467 e. The smallest absolute Gasteiger partial charge is 0.255 e. The second kappa shape index (κ2) is 6.83. The van der Waals surface area contributed by atoms with Crippen LogP contribution in [0.15, 0.2) is 47.1 Å². The molecular weight excluding hydrogens is 326 g/mol. The predicted molar refractivity (Wildman–Crippen MR) is 99.5 cm³/mol. The van der Waals surface area contributed by atoms with Crippen LogP contribution < -0.4 is 5.32 Å². The highest BCUT2D eigenvalue weighted by Crippen LogP contribution is 2.42. The number of para-hydroxylation sites is 1. The third-order valence-electron chi connectivity index (χ3n) is 4.88. The van der Waals surface area contributed by atoms with E-state index in [9.17, 15) is 4.79 Å². The number of hydrogen-bond acceptors (Lipinski definition) is 3. The van der Waals surface area contributed by atoms with Crippen molar-refractivity contribution in [1.82, 2.24) is 15.1 Å². The number of furan rings is 1. The summed E-state index contributed by atoms with van der Waals surface area (Å²) in [7, 11) is 0. The number of nitrogens with one attached hydrogen (secondary N) is 1. The van der Waals surface area contributed by atoms with Crippen LogP contribution in [0.25, 0.3) is 5.69 Å². The van der Waals surface area contributed by atoms with Crippen LogP contribution >= 0.6 is 0 Å². The Balaban J connectivity index is 1.73. The van der Waals surface area contributed by atoms with Crippen molar-refractivity contribution in [2.75, 3.05) is 0 Å². The molecule has 1 fully saturated rings. The quantitative estimate of drug-likeness (QED) is 0.727. The number of amides is 1. The molecule has 0 radical (unpaired) electrons. The van der Waals surface area contributed by atoms with Crippen molar-refractivity contribution in [3.05, 3.63) is 70.9 Å². The third kappa shape index (κ3) is 3.05. The molecular formula is C21H23N3O2. The summed E-state index contributed by atoms with van der Waals surface area (Å²) in [6.45, 7) is 4.53. The molecule has 5 nitrogen and oxygen atoms in total. The Labute approximate surface area is 153 Å². The Kier molecular flexibility index (Phi) is 4.37. The maximum Gasteiger partial charge on any atom is 0.255 e. The molecule has 1 aromatic carbocycles. The molecule has 26 heavy (non-hydrogen) atoms. The van der Waals surface area contributed by atoms with E-state index < -0.39 is 0 Å². The maximum absolute atomic E-state index is 13.0. The van der Waals surface area contributed by atoms with E-state index >= 15 is 0 Å². The number of aryl methyl sites for hydroxylation is 1. The second-order valence-electron chi connectivity index (χ2n) is 6.80. The average molecular weight is 349 g/mol. The van der Waals surface area contributed by atoms with Crippen LogP contribution in [0.3, 0.4) is 0 Å². The minimum Gasteiger partial charge on any atom is -0.467 e. The van der Waals surface area contributed by atoms with Crippen molar-refractivity contribution in [3.8, 4) is 5.69 Å². The number of carbonyl (C=O) groups is 1. The first-order valence-electron chi connectivity index (χ1n) is 9.17. The highest BCUT2D eigenvalue weighted by Gasteiger charge is 2.34. The van der Waals surface area contributed by atoms with Crippen molar-refractivity contribution in [2.45, 2.75) is 45.6 Å². The fourth-order valence-corrected chi connectivity index (χ4v) is 3.36. The fraction of sp³-hybridized carbons (Fsp3) is 0.333. The molecule has 0 bridgehead atoms. The van der Waals surface area contributed by atoms with Crippen LogP contribution in [0.2, 0.25) is 0 Å². The van der Waals surface area contributed by atoms with Crippen molar-refractivity contribution >= 4 is 5.91 Å². The summed E-state index contributed by atoms with van der Waals surface area (Å²) in [5.41, 5.74) is 4.83. The van der Waals surface area contributed by atoms with Crippen LogP contribution in [-0.2, 0) is 13.0 Å². The van der Waals surface area contributed by atoms with Gasteiger partial charge >= 0.3 is 0 Å². The van der Waals surface area contributed by atoms with Crippen LogP contribution in [-0.4, -0.2) is 15.7 Å². The van der Waals surface area contributed by atoms with Gasteiger partial charge in [-0.3, -0.25) is 4.79 Å². The summed E-state index contributed by atoms with van der Waals surface area (Å²) in [6, 6.07) is 11.8. The Morgan fingerprint density at radius 1 is 1.27 bits per heavy atom. The minimum atomic E-state index is -0.0695. The number of nitrogens with zero attached hydrogens (tertiary/aromatic N) is 2. The number of aromatic nitrogens is 2. The molecule has 1 N–H and O–H groups in total. The lowest BCUT2D eigenvalue weighted by atomic mass is 10.1. The predicted octanol–water partition coefficient (Wildman–Crippen LogP) is 4.14. The first kappa shape index (κ1) is 16.6. The second-order valence-corrected chi connectivity index (χ2v) is 6.80. The molecule has 1 aliphatic carbocycles. The molecule has 5 heteroatoms. The summed E-state index contributed by atoms with van der Waals surface area (Å²) in [6.07, 6.45) is 4.57. The van der Waals surface area contributed by atoms with Gasteiger partial charge in [-0.2, -0.15) is 5.10 Å². The van der Waals surface area contributed by atoms with Crippen molar-refractivity contribution in [1.29, 1.82) is 0 Å². The van der Waals surface area contributed by atoms with E-state index in [4.69, 9.17) is 9.52 Å². The number of benzene rings is 1. The molecule has 0 saturated heterocycles. The zero-order chi connectivity index (χ0) is 18.1. The monoisotopic (exact) mass is 349 g/mol. The van der Waals surface area contributed by atoms with Crippen LogP contribution in [0.4, 0.5) is 0 Å². The molecule has 0 aliphatic heterocycles. The van der Waals surface area contributed by atoms with Gasteiger partial charge in [-0.25, -0.2) is 4.68 Å². The van der Waals surface area contributed by atoms with Gasteiger partial charge in [0.25, 0.3) is 5.91 Å². The SMILES string of the molecule is CCc1c(C(=O)NCc2ccco2)c(C2CC2)nn1-c1ccccc1C. The van der Waals surface area contributed by atoms with Crippen LogP contribution in [0.5, 0.6) is 0 Å². The molecule has 2 heterocycles. The summed E-state index contributed by atoms with van der Waals surface area (Å²) >= 11 is 0. The standard InChI is InChI=1S/C21H23N3O2/c1-3-17-19(21(25)22-13-16-8-6-12-26-16)20(15-10-11-15)23-24(17)18-9-5-4-7-14(18)2/h4-9,12,15H,3,10-11,13H2,1-2H3,(H,22,25). The minimum absolute atomic E-state index is 0.0695. The van der Waals surface area contributed by atoms with Crippen molar-refractivity contribution < 1.29 is 9.21 Å².